The first-order valence-corrected chi connectivity index (χ1v) is 13.3. The van der Waals surface area contributed by atoms with Crippen molar-refractivity contribution < 1.29 is 23.8 Å². The molecule has 0 amide bonds. The lowest BCUT2D eigenvalue weighted by Gasteiger charge is -2.27. The van der Waals surface area contributed by atoms with Crippen molar-refractivity contribution in [1.29, 1.82) is 0 Å². The molecule has 9 heteroatoms. The van der Waals surface area contributed by atoms with Gasteiger partial charge in [0.2, 0.25) is 5.88 Å². The predicted molar refractivity (Wildman–Crippen MR) is 149 cm³/mol. The summed E-state index contributed by atoms with van der Waals surface area (Å²) in [6.45, 7) is 1.39. The number of nitrogens with zero attached hydrogens (tertiary/aromatic N) is 3. The summed E-state index contributed by atoms with van der Waals surface area (Å²) in [6, 6.07) is 21.3. The number of fused-ring (bicyclic) bond motifs is 1. The number of aromatic carboxylic acids is 1. The van der Waals surface area contributed by atoms with Crippen LogP contribution in [0.3, 0.4) is 0 Å². The monoisotopic (exact) mass is 557 g/mol. The number of imidazole rings is 1. The average molecular weight is 558 g/mol. The first-order valence-electron chi connectivity index (χ1n) is 12.9. The number of ether oxygens (including phenoxy) is 2. The van der Waals surface area contributed by atoms with Gasteiger partial charge in [-0.15, -0.1) is 0 Å². The third-order valence-electron chi connectivity index (χ3n) is 7.03. The van der Waals surface area contributed by atoms with Crippen LogP contribution in [0, 0.1) is 5.82 Å². The topological polar surface area (TPSA) is 86.5 Å². The summed E-state index contributed by atoms with van der Waals surface area (Å²) in [6.07, 6.45) is 3.26. The molecule has 0 saturated carbocycles. The molecule has 3 heterocycles. The molecular formula is C31H25ClFN3O4. The number of hydrogen-bond donors (Lipinski definition) is 1. The van der Waals surface area contributed by atoms with Gasteiger partial charge in [0.05, 0.1) is 29.2 Å². The van der Waals surface area contributed by atoms with Gasteiger partial charge < -0.3 is 19.1 Å². The molecule has 2 aromatic heterocycles. The molecule has 0 unspecified atom stereocenters. The number of carbonyl (C=O) groups is 1. The van der Waals surface area contributed by atoms with Gasteiger partial charge in [-0.05, 0) is 60.0 Å². The SMILES string of the molecule is O=C(O)c1ccc2nc(Cc3ccc(-c4cccnc4OCc4ccc(Cl)cc4F)cc3)n(C[C@@H]3CCO3)c2c1. The number of hydrogen-bond acceptors (Lipinski definition) is 5. The Kier molecular flexibility index (Phi) is 7.19. The van der Waals surface area contributed by atoms with Gasteiger partial charge in [-0.3, -0.25) is 0 Å². The number of carboxylic acids is 1. The first-order chi connectivity index (χ1) is 19.4. The Hall–Kier alpha value is -4.27. The molecule has 0 bridgehead atoms. The van der Waals surface area contributed by atoms with Crippen LogP contribution in [0.5, 0.6) is 5.88 Å². The largest absolute Gasteiger partial charge is 0.478 e. The second-order valence-electron chi connectivity index (χ2n) is 9.68. The van der Waals surface area contributed by atoms with Crippen LogP contribution < -0.4 is 4.74 Å². The molecule has 0 spiro atoms. The zero-order valence-corrected chi connectivity index (χ0v) is 22.1. The molecule has 1 saturated heterocycles. The van der Waals surface area contributed by atoms with E-state index in [9.17, 15) is 14.3 Å². The van der Waals surface area contributed by atoms with Crippen molar-refractivity contribution in [3.8, 4) is 17.0 Å². The highest BCUT2D eigenvalue weighted by Crippen LogP contribution is 2.30. The Balaban J connectivity index is 1.24. The standard InChI is InChI=1S/C31H25ClFN3O4/c32-23-9-7-22(26(33)16-23)18-40-30-25(2-1-12-34-30)20-5-3-19(4-6-20)14-29-35-27-10-8-21(31(37)38)15-28(27)36(29)17-24-11-13-39-24/h1-10,12,15-16,24H,11,13-14,17-18H2,(H,37,38)/t24-/m0/s1. The van der Waals surface area contributed by atoms with Crippen molar-refractivity contribution in [2.45, 2.75) is 32.1 Å². The van der Waals surface area contributed by atoms with E-state index < -0.39 is 11.8 Å². The van der Waals surface area contributed by atoms with E-state index in [1.807, 2.05) is 36.4 Å². The highest BCUT2D eigenvalue weighted by atomic mass is 35.5. The maximum atomic E-state index is 14.2. The number of benzene rings is 3. The molecule has 1 atom stereocenters. The fourth-order valence-electron chi connectivity index (χ4n) is 4.77. The van der Waals surface area contributed by atoms with E-state index in [2.05, 4.69) is 9.55 Å². The summed E-state index contributed by atoms with van der Waals surface area (Å²) in [5, 5.41) is 9.81. The third-order valence-corrected chi connectivity index (χ3v) is 7.27. The normalized spacial score (nSPS) is 14.7. The van der Waals surface area contributed by atoms with Gasteiger partial charge in [0.1, 0.15) is 18.2 Å². The van der Waals surface area contributed by atoms with Crippen LogP contribution in [-0.4, -0.2) is 38.3 Å². The molecule has 5 aromatic rings. The van der Waals surface area contributed by atoms with Gasteiger partial charge in [0.25, 0.3) is 0 Å². The van der Waals surface area contributed by atoms with Crippen LogP contribution >= 0.6 is 11.6 Å². The van der Waals surface area contributed by atoms with Crippen LogP contribution in [0.15, 0.2) is 79.0 Å². The number of aromatic nitrogens is 3. The van der Waals surface area contributed by atoms with E-state index in [0.717, 1.165) is 46.6 Å². The number of halogens is 2. The first kappa shape index (κ1) is 26.0. The van der Waals surface area contributed by atoms with Gasteiger partial charge in [-0.1, -0.05) is 41.9 Å². The Morgan fingerprint density at radius 3 is 2.67 bits per heavy atom. The summed E-state index contributed by atoms with van der Waals surface area (Å²) in [4.78, 5) is 20.8. The summed E-state index contributed by atoms with van der Waals surface area (Å²) in [7, 11) is 0. The maximum Gasteiger partial charge on any atom is 0.335 e. The minimum absolute atomic E-state index is 0.0234. The van der Waals surface area contributed by atoms with Gasteiger partial charge in [0, 0.05) is 35.4 Å². The van der Waals surface area contributed by atoms with Crippen molar-refractivity contribution in [1.82, 2.24) is 14.5 Å². The minimum Gasteiger partial charge on any atom is -0.478 e. The number of rotatable bonds is 9. The number of pyridine rings is 1. The van der Waals surface area contributed by atoms with Crippen LogP contribution in [0.2, 0.25) is 5.02 Å². The Morgan fingerprint density at radius 1 is 1.12 bits per heavy atom. The fraction of sp³-hybridized carbons (Fsp3) is 0.194. The summed E-state index contributed by atoms with van der Waals surface area (Å²) >= 11 is 5.86. The lowest BCUT2D eigenvalue weighted by atomic mass is 10.0. The molecule has 0 radical (unpaired) electrons. The Bertz CT molecular complexity index is 1700. The predicted octanol–water partition coefficient (Wildman–Crippen LogP) is 6.55. The van der Waals surface area contributed by atoms with E-state index in [1.54, 1.807) is 36.5 Å². The molecule has 202 valence electrons. The quantitative estimate of drug-likeness (QED) is 0.221. The van der Waals surface area contributed by atoms with Crippen molar-refractivity contribution in [2.75, 3.05) is 6.61 Å². The van der Waals surface area contributed by atoms with Crippen LogP contribution in [0.25, 0.3) is 22.2 Å². The smallest absolute Gasteiger partial charge is 0.335 e. The second-order valence-corrected chi connectivity index (χ2v) is 10.1. The molecule has 3 aromatic carbocycles. The average Bonchev–Trinajstić information content (AvgIpc) is 3.26. The molecule has 1 aliphatic rings. The Morgan fingerprint density at radius 2 is 1.95 bits per heavy atom. The Labute approximate surface area is 234 Å². The molecular weight excluding hydrogens is 533 g/mol. The molecule has 40 heavy (non-hydrogen) atoms. The summed E-state index contributed by atoms with van der Waals surface area (Å²) < 4.78 is 27.8. The highest BCUT2D eigenvalue weighted by Gasteiger charge is 2.22. The van der Waals surface area contributed by atoms with E-state index in [4.69, 9.17) is 26.1 Å². The van der Waals surface area contributed by atoms with Crippen molar-refractivity contribution in [3.05, 3.63) is 112 Å². The van der Waals surface area contributed by atoms with Crippen LogP contribution in [0.1, 0.15) is 33.7 Å². The van der Waals surface area contributed by atoms with Crippen molar-refractivity contribution in [3.63, 3.8) is 0 Å². The lowest BCUT2D eigenvalue weighted by Crippen LogP contribution is -2.31. The van der Waals surface area contributed by atoms with E-state index in [1.165, 1.54) is 6.07 Å². The molecule has 1 aliphatic heterocycles. The zero-order valence-electron chi connectivity index (χ0n) is 21.4. The van der Waals surface area contributed by atoms with Gasteiger partial charge in [-0.2, -0.15) is 0 Å². The second kappa shape index (κ2) is 11.1. The summed E-state index contributed by atoms with van der Waals surface area (Å²) in [5.74, 6) is -0.149. The van der Waals surface area contributed by atoms with Crippen LogP contribution in [-0.2, 0) is 24.3 Å². The third kappa shape index (κ3) is 5.41. The minimum atomic E-state index is -0.969. The van der Waals surface area contributed by atoms with Gasteiger partial charge >= 0.3 is 5.97 Å². The summed E-state index contributed by atoms with van der Waals surface area (Å²) in [5.41, 5.74) is 4.91. The molecule has 1 fully saturated rings. The maximum absolute atomic E-state index is 14.2. The van der Waals surface area contributed by atoms with Gasteiger partial charge in [0.15, 0.2) is 0 Å². The van der Waals surface area contributed by atoms with Crippen LogP contribution in [0.4, 0.5) is 4.39 Å². The zero-order chi connectivity index (χ0) is 27.6. The fourth-order valence-corrected chi connectivity index (χ4v) is 4.93. The molecule has 7 nitrogen and oxygen atoms in total. The molecule has 1 N–H and O–H groups in total. The molecule has 6 rings (SSSR count). The highest BCUT2D eigenvalue weighted by molar-refractivity contribution is 6.30. The number of carboxylic acid groups (broad SMARTS) is 1. The van der Waals surface area contributed by atoms with Crippen molar-refractivity contribution in [2.24, 2.45) is 0 Å². The lowest BCUT2D eigenvalue weighted by molar-refractivity contribution is -0.0589. The van der Waals surface area contributed by atoms with E-state index >= 15 is 0 Å². The van der Waals surface area contributed by atoms with E-state index in [-0.39, 0.29) is 18.3 Å². The van der Waals surface area contributed by atoms with E-state index in [0.29, 0.717) is 29.4 Å². The molecule has 0 aliphatic carbocycles. The van der Waals surface area contributed by atoms with Crippen molar-refractivity contribution >= 4 is 28.6 Å². The van der Waals surface area contributed by atoms with Gasteiger partial charge in [-0.25, -0.2) is 19.2 Å².